The number of hydrogen-bond donors (Lipinski definition) is 2. The molecule has 1 rings (SSSR count). The average molecular weight is 180 g/mol. The number of nitrogens with zero attached hydrogens (tertiary/aromatic N) is 3. The molecule has 0 atom stereocenters. The average Bonchev–Trinajstić information content (AvgIpc) is 2.02. The highest BCUT2D eigenvalue weighted by atomic mass is 16.4. The molecule has 70 valence electrons. The van der Waals surface area contributed by atoms with Crippen LogP contribution in [0.1, 0.15) is 24.0 Å². The maximum Gasteiger partial charge on any atom is 0.136 e. The molecule has 0 amide bonds. The Balaban J connectivity index is 3.37. The summed E-state index contributed by atoms with van der Waals surface area (Å²) in [5.41, 5.74) is 7.41. The number of nitrogen functional groups attached to an aromatic ring is 1. The Bertz CT molecular complexity index is 336. The minimum atomic E-state index is 0.348. The number of oxime groups is 1. The van der Waals surface area contributed by atoms with Gasteiger partial charge in [0, 0.05) is 0 Å². The van der Waals surface area contributed by atoms with E-state index in [9.17, 15) is 0 Å². The summed E-state index contributed by atoms with van der Waals surface area (Å²) in [6.07, 6.45) is 0. The first-order chi connectivity index (χ1) is 6.06. The van der Waals surface area contributed by atoms with Gasteiger partial charge in [-0.3, -0.25) is 0 Å². The van der Waals surface area contributed by atoms with Gasteiger partial charge in [-0.15, -0.1) is 0 Å². The fourth-order valence-electron chi connectivity index (χ4n) is 1.24. The molecule has 0 aliphatic heterocycles. The van der Waals surface area contributed by atoms with Crippen molar-refractivity contribution < 1.29 is 5.21 Å². The van der Waals surface area contributed by atoms with E-state index < -0.39 is 0 Å². The fourth-order valence-corrected chi connectivity index (χ4v) is 1.24. The number of hydrogen-bond acceptors (Lipinski definition) is 5. The number of nitrogens with two attached hydrogens (primary N) is 1. The monoisotopic (exact) mass is 180 g/mol. The molecule has 0 saturated carbocycles. The minimum Gasteiger partial charge on any atom is -0.411 e. The van der Waals surface area contributed by atoms with Crippen molar-refractivity contribution in [2.75, 3.05) is 5.73 Å². The van der Waals surface area contributed by atoms with Crippen LogP contribution in [0.25, 0.3) is 0 Å². The molecule has 5 nitrogen and oxygen atoms in total. The first-order valence-corrected chi connectivity index (χ1v) is 3.86. The second-order valence-corrected chi connectivity index (χ2v) is 2.80. The van der Waals surface area contributed by atoms with Gasteiger partial charge in [-0.2, -0.15) is 0 Å². The molecule has 1 heterocycles. The number of rotatable bonds is 1. The molecule has 13 heavy (non-hydrogen) atoms. The van der Waals surface area contributed by atoms with Gasteiger partial charge in [0.1, 0.15) is 11.6 Å². The van der Waals surface area contributed by atoms with Crippen LogP contribution in [0.2, 0.25) is 0 Å². The van der Waals surface area contributed by atoms with Crippen LogP contribution in [0.3, 0.4) is 0 Å². The molecule has 1 aromatic rings. The van der Waals surface area contributed by atoms with Crippen molar-refractivity contribution in [3.05, 3.63) is 17.1 Å². The maximum absolute atomic E-state index is 8.58. The van der Waals surface area contributed by atoms with Crippen LogP contribution in [0.4, 0.5) is 5.82 Å². The van der Waals surface area contributed by atoms with E-state index in [1.165, 1.54) is 0 Å². The molecule has 0 aliphatic carbocycles. The number of aromatic nitrogens is 2. The molecular weight excluding hydrogens is 168 g/mol. The topological polar surface area (TPSA) is 84.4 Å². The highest BCUT2D eigenvalue weighted by molar-refractivity contribution is 6.02. The molecule has 5 heteroatoms. The molecule has 0 saturated heterocycles. The predicted molar refractivity (Wildman–Crippen MR) is 49.9 cm³/mol. The summed E-state index contributed by atoms with van der Waals surface area (Å²) in [4.78, 5) is 8.10. The van der Waals surface area contributed by atoms with E-state index in [4.69, 9.17) is 10.9 Å². The minimum absolute atomic E-state index is 0.348. The summed E-state index contributed by atoms with van der Waals surface area (Å²) in [5.74, 6) is 0.963. The molecule has 1 aromatic heterocycles. The maximum atomic E-state index is 8.58. The molecule has 0 fully saturated rings. The van der Waals surface area contributed by atoms with Gasteiger partial charge in [-0.05, 0) is 20.8 Å². The van der Waals surface area contributed by atoms with Gasteiger partial charge < -0.3 is 10.9 Å². The molecule has 0 aliphatic rings. The van der Waals surface area contributed by atoms with Gasteiger partial charge in [0.15, 0.2) is 0 Å². The molecule has 0 bridgehead atoms. The van der Waals surface area contributed by atoms with Crippen LogP contribution < -0.4 is 5.73 Å². The summed E-state index contributed by atoms with van der Waals surface area (Å²) in [6.45, 7) is 5.21. The normalized spacial score (nSPS) is 11.8. The van der Waals surface area contributed by atoms with Crippen LogP contribution in [0, 0.1) is 13.8 Å². The third-order valence-corrected chi connectivity index (χ3v) is 1.74. The van der Waals surface area contributed by atoms with Crippen molar-refractivity contribution in [3.8, 4) is 0 Å². The lowest BCUT2D eigenvalue weighted by Crippen LogP contribution is -2.09. The molecule has 3 N–H and O–H groups in total. The van der Waals surface area contributed by atoms with E-state index in [1.807, 2.05) is 0 Å². The van der Waals surface area contributed by atoms with Crippen LogP contribution in [-0.4, -0.2) is 20.9 Å². The Labute approximate surface area is 76.3 Å². The van der Waals surface area contributed by atoms with Gasteiger partial charge in [0.2, 0.25) is 0 Å². The summed E-state index contributed by atoms with van der Waals surface area (Å²) in [5, 5.41) is 11.6. The lowest BCUT2D eigenvalue weighted by atomic mass is 10.1. The van der Waals surface area contributed by atoms with E-state index in [-0.39, 0.29) is 0 Å². The molecule has 0 radical (unpaired) electrons. The van der Waals surface area contributed by atoms with E-state index in [2.05, 4.69) is 15.1 Å². The third-order valence-electron chi connectivity index (χ3n) is 1.74. The van der Waals surface area contributed by atoms with Crippen molar-refractivity contribution in [2.45, 2.75) is 20.8 Å². The van der Waals surface area contributed by atoms with E-state index in [0.717, 1.165) is 5.69 Å². The summed E-state index contributed by atoms with van der Waals surface area (Å²) >= 11 is 0. The first kappa shape index (κ1) is 9.44. The van der Waals surface area contributed by atoms with Crippen molar-refractivity contribution in [1.29, 1.82) is 0 Å². The quantitative estimate of drug-likeness (QED) is 0.381. The molecule has 0 unspecified atom stereocenters. The van der Waals surface area contributed by atoms with Gasteiger partial charge in [-0.1, -0.05) is 5.16 Å². The summed E-state index contributed by atoms with van der Waals surface area (Å²) in [7, 11) is 0. The highest BCUT2D eigenvalue weighted by Crippen LogP contribution is 2.13. The van der Waals surface area contributed by atoms with Gasteiger partial charge in [0.05, 0.1) is 17.0 Å². The van der Waals surface area contributed by atoms with Crippen LogP contribution in [-0.2, 0) is 0 Å². The van der Waals surface area contributed by atoms with Crippen molar-refractivity contribution in [2.24, 2.45) is 5.16 Å². The molecule has 0 aromatic carbocycles. The molecule has 0 spiro atoms. The second-order valence-electron chi connectivity index (χ2n) is 2.80. The second kappa shape index (κ2) is 3.38. The highest BCUT2D eigenvalue weighted by Gasteiger charge is 2.10. The largest absolute Gasteiger partial charge is 0.411 e. The van der Waals surface area contributed by atoms with E-state index in [0.29, 0.717) is 22.9 Å². The van der Waals surface area contributed by atoms with Gasteiger partial charge in [0.25, 0.3) is 0 Å². The SMILES string of the molecule is C/C(=N\O)c1c(C)nc(C)nc1N. The number of aryl methyl sites for hydroxylation is 2. The van der Waals surface area contributed by atoms with Crippen LogP contribution >= 0.6 is 0 Å². The zero-order valence-corrected chi connectivity index (χ0v) is 7.87. The van der Waals surface area contributed by atoms with Crippen molar-refractivity contribution in [1.82, 2.24) is 9.97 Å². The Morgan fingerprint density at radius 1 is 1.38 bits per heavy atom. The lowest BCUT2D eigenvalue weighted by Gasteiger charge is -2.06. The number of anilines is 1. The zero-order valence-electron chi connectivity index (χ0n) is 7.87. The van der Waals surface area contributed by atoms with E-state index in [1.54, 1.807) is 20.8 Å². The van der Waals surface area contributed by atoms with Crippen LogP contribution in [0.5, 0.6) is 0 Å². The smallest absolute Gasteiger partial charge is 0.136 e. The fraction of sp³-hybridized carbons (Fsp3) is 0.375. The van der Waals surface area contributed by atoms with Crippen LogP contribution in [0.15, 0.2) is 5.16 Å². The Kier molecular flexibility index (Phi) is 2.46. The Morgan fingerprint density at radius 2 is 2.00 bits per heavy atom. The summed E-state index contributed by atoms with van der Waals surface area (Å²) < 4.78 is 0. The van der Waals surface area contributed by atoms with Crippen molar-refractivity contribution in [3.63, 3.8) is 0 Å². The Hall–Kier alpha value is -1.65. The van der Waals surface area contributed by atoms with Gasteiger partial charge >= 0.3 is 0 Å². The summed E-state index contributed by atoms with van der Waals surface area (Å²) in [6, 6.07) is 0. The van der Waals surface area contributed by atoms with Gasteiger partial charge in [-0.25, -0.2) is 9.97 Å². The standard InChI is InChI=1S/C8H12N4O/c1-4-7(5(2)12-13)8(9)11-6(3)10-4/h13H,1-3H3,(H2,9,10,11)/b12-5+. The van der Waals surface area contributed by atoms with Crippen molar-refractivity contribution >= 4 is 11.5 Å². The Morgan fingerprint density at radius 3 is 2.46 bits per heavy atom. The van der Waals surface area contributed by atoms with E-state index >= 15 is 0 Å². The molecular formula is C8H12N4O. The lowest BCUT2D eigenvalue weighted by molar-refractivity contribution is 0.319. The predicted octanol–water partition coefficient (Wildman–Crippen LogP) is 0.874. The first-order valence-electron chi connectivity index (χ1n) is 3.86. The zero-order chi connectivity index (χ0) is 10.0. The third kappa shape index (κ3) is 1.74.